The number of aliphatic carboxylic acids is 1. The number of carbonyl (C=O) groups excluding carboxylic acids is 1. The lowest BCUT2D eigenvalue weighted by atomic mass is 9.96. The summed E-state index contributed by atoms with van der Waals surface area (Å²) in [5.41, 5.74) is 4.76. The Morgan fingerprint density at radius 1 is 1.00 bits per heavy atom. The van der Waals surface area contributed by atoms with E-state index in [2.05, 4.69) is 5.32 Å². The summed E-state index contributed by atoms with van der Waals surface area (Å²) in [6, 6.07) is 9.95. The van der Waals surface area contributed by atoms with Gasteiger partial charge in [0.15, 0.2) is 6.04 Å². The molecule has 4 nitrogen and oxygen atoms in total. The number of hydrogen-bond acceptors (Lipinski definition) is 2. The predicted octanol–water partition coefficient (Wildman–Crippen LogP) is 3.48. The molecular formula is C19H21NO3. The largest absolute Gasteiger partial charge is 0.479 e. The van der Waals surface area contributed by atoms with Gasteiger partial charge in [-0.3, -0.25) is 4.79 Å². The van der Waals surface area contributed by atoms with Crippen LogP contribution >= 0.6 is 0 Å². The van der Waals surface area contributed by atoms with Gasteiger partial charge in [-0.25, -0.2) is 4.79 Å². The number of rotatable bonds is 4. The molecule has 0 bridgehead atoms. The third-order valence-corrected chi connectivity index (χ3v) is 4.12. The highest BCUT2D eigenvalue weighted by Gasteiger charge is 2.25. The fraction of sp³-hybridized carbons (Fsp3) is 0.263. The van der Waals surface area contributed by atoms with Crippen LogP contribution in [0.5, 0.6) is 0 Å². The van der Waals surface area contributed by atoms with E-state index in [1.807, 2.05) is 45.9 Å². The van der Waals surface area contributed by atoms with Crippen molar-refractivity contribution >= 4 is 11.9 Å². The third kappa shape index (κ3) is 3.59. The molecule has 2 aromatic rings. The van der Waals surface area contributed by atoms with Crippen molar-refractivity contribution in [1.82, 2.24) is 5.32 Å². The maximum absolute atomic E-state index is 12.5. The summed E-state index contributed by atoms with van der Waals surface area (Å²) in [5, 5.41) is 12.2. The smallest absolute Gasteiger partial charge is 0.330 e. The van der Waals surface area contributed by atoms with Gasteiger partial charge in [0.05, 0.1) is 0 Å². The lowest BCUT2D eigenvalue weighted by molar-refractivity contribution is -0.139. The van der Waals surface area contributed by atoms with Crippen molar-refractivity contribution in [2.24, 2.45) is 0 Å². The molecule has 23 heavy (non-hydrogen) atoms. The van der Waals surface area contributed by atoms with Crippen LogP contribution in [0.3, 0.4) is 0 Å². The van der Waals surface area contributed by atoms with Gasteiger partial charge in [-0.05, 0) is 56.0 Å². The van der Waals surface area contributed by atoms with Crippen LogP contribution in [-0.2, 0) is 4.79 Å². The van der Waals surface area contributed by atoms with E-state index in [0.717, 1.165) is 22.3 Å². The first kappa shape index (κ1) is 16.7. The average Bonchev–Trinajstić information content (AvgIpc) is 2.50. The lowest BCUT2D eigenvalue weighted by Gasteiger charge is -2.19. The Morgan fingerprint density at radius 2 is 1.70 bits per heavy atom. The van der Waals surface area contributed by atoms with Gasteiger partial charge in [0.2, 0.25) is 0 Å². The first-order chi connectivity index (χ1) is 10.8. The number of hydrogen-bond donors (Lipinski definition) is 2. The van der Waals surface area contributed by atoms with Gasteiger partial charge in [-0.15, -0.1) is 0 Å². The van der Waals surface area contributed by atoms with Crippen LogP contribution in [0, 0.1) is 27.7 Å². The molecule has 0 aliphatic heterocycles. The van der Waals surface area contributed by atoms with Crippen molar-refractivity contribution in [2.75, 3.05) is 0 Å². The number of amides is 1. The fourth-order valence-corrected chi connectivity index (χ4v) is 2.55. The highest BCUT2D eigenvalue weighted by atomic mass is 16.4. The molecule has 1 atom stereocenters. The Kier molecular flexibility index (Phi) is 4.84. The summed E-state index contributed by atoms with van der Waals surface area (Å²) >= 11 is 0. The molecule has 0 heterocycles. The second-order valence-electron chi connectivity index (χ2n) is 5.85. The van der Waals surface area contributed by atoms with Crippen molar-refractivity contribution in [3.8, 4) is 0 Å². The maximum atomic E-state index is 12.5. The zero-order valence-electron chi connectivity index (χ0n) is 13.8. The number of carboxylic acids is 1. The zero-order valence-corrected chi connectivity index (χ0v) is 13.8. The Balaban J connectivity index is 2.37. The van der Waals surface area contributed by atoms with Crippen molar-refractivity contribution in [2.45, 2.75) is 33.7 Å². The molecule has 0 aliphatic rings. The van der Waals surface area contributed by atoms with E-state index in [9.17, 15) is 14.7 Å². The van der Waals surface area contributed by atoms with Gasteiger partial charge in [-0.2, -0.15) is 0 Å². The van der Waals surface area contributed by atoms with E-state index in [-0.39, 0.29) is 5.91 Å². The van der Waals surface area contributed by atoms with Crippen LogP contribution in [0.4, 0.5) is 0 Å². The number of benzene rings is 2. The van der Waals surface area contributed by atoms with Gasteiger partial charge < -0.3 is 10.4 Å². The molecule has 4 heteroatoms. The molecule has 1 unspecified atom stereocenters. The molecule has 2 N–H and O–H groups in total. The summed E-state index contributed by atoms with van der Waals surface area (Å²) < 4.78 is 0. The summed E-state index contributed by atoms with van der Waals surface area (Å²) in [7, 11) is 0. The molecule has 0 aromatic heterocycles. The first-order valence-corrected chi connectivity index (χ1v) is 7.48. The zero-order chi connectivity index (χ0) is 17.1. The molecule has 0 saturated heterocycles. The van der Waals surface area contributed by atoms with Crippen LogP contribution in [0.1, 0.15) is 44.2 Å². The lowest BCUT2D eigenvalue weighted by Crippen LogP contribution is -2.34. The first-order valence-electron chi connectivity index (χ1n) is 7.48. The molecule has 0 saturated carbocycles. The molecule has 1 amide bonds. The van der Waals surface area contributed by atoms with Crippen molar-refractivity contribution < 1.29 is 14.7 Å². The Hall–Kier alpha value is -2.62. The van der Waals surface area contributed by atoms with Crippen molar-refractivity contribution in [3.05, 3.63) is 69.8 Å². The quantitative estimate of drug-likeness (QED) is 0.908. The molecule has 0 radical (unpaired) electrons. The highest BCUT2D eigenvalue weighted by Crippen LogP contribution is 2.22. The van der Waals surface area contributed by atoms with Crippen molar-refractivity contribution in [3.63, 3.8) is 0 Å². The minimum atomic E-state index is -1.07. The van der Waals surface area contributed by atoms with Gasteiger partial charge in [-0.1, -0.05) is 35.9 Å². The van der Waals surface area contributed by atoms with E-state index >= 15 is 0 Å². The second-order valence-corrected chi connectivity index (χ2v) is 5.85. The summed E-state index contributed by atoms with van der Waals surface area (Å²) in [4.78, 5) is 24.2. The molecule has 2 rings (SSSR count). The van der Waals surface area contributed by atoms with Gasteiger partial charge in [0, 0.05) is 5.56 Å². The molecule has 0 spiro atoms. The topological polar surface area (TPSA) is 66.4 Å². The van der Waals surface area contributed by atoms with E-state index in [4.69, 9.17) is 0 Å². The summed E-state index contributed by atoms with van der Waals surface area (Å²) in [6.07, 6.45) is 0. The summed E-state index contributed by atoms with van der Waals surface area (Å²) in [5.74, 6) is -1.45. The Labute approximate surface area is 136 Å². The van der Waals surface area contributed by atoms with E-state index < -0.39 is 12.0 Å². The van der Waals surface area contributed by atoms with Gasteiger partial charge >= 0.3 is 5.97 Å². The van der Waals surface area contributed by atoms with Crippen LogP contribution in [0.2, 0.25) is 0 Å². The van der Waals surface area contributed by atoms with Gasteiger partial charge in [0.1, 0.15) is 0 Å². The second kappa shape index (κ2) is 6.65. The fourth-order valence-electron chi connectivity index (χ4n) is 2.55. The summed E-state index contributed by atoms with van der Waals surface area (Å²) in [6.45, 7) is 7.52. The molecule has 0 fully saturated rings. The highest BCUT2D eigenvalue weighted by molar-refractivity contribution is 5.98. The SMILES string of the molecule is Cc1ccc(C)c(C(=O)NC(C(=O)O)c2cccc(C)c2C)c1. The Morgan fingerprint density at radius 3 is 2.35 bits per heavy atom. The number of carbonyl (C=O) groups is 2. The monoisotopic (exact) mass is 311 g/mol. The van der Waals surface area contributed by atoms with Crippen LogP contribution in [-0.4, -0.2) is 17.0 Å². The maximum Gasteiger partial charge on any atom is 0.330 e. The van der Waals surface area contributed by atoms with Crippen LogP contribution in [0.25, 0.3) is 0 Å². The van der Waals surface area contributed by atoms with E-state index in [0.29, 0.717) is 11.1 Å². The number of nitrogens with one attached hydrogen (secondary N) is 1. The standard InChI is InChI=1S/C19H21NO3/c1-11-8-9-13(3)16(10-11)18(21)20-17(19(22)23)15-7-5-6-12(2)14(15)4/h5-10,17H,1-4H3,(H,20,21)(H,22,23). The normalized spacial score (nSPS) is 11.8. The van der Waals surface area contributed by atoms with E-state index in [1.54, 1.807) is 18.2 Å². The Bertz CT molecular complexity index is 765. The molecular weight excluding hydrogens is 290 g/mol. The predicted molar refractivity (Wildman–Crippen MR) is 89.7 cm³/mol. The number of carboxylic acid groups (broad SMARTS) is 1. The van der Waals surface area contributed by atoms with Crippen molar-refractivity contribution in [1.29, 1.82) is 0 Å². The third-order valence-electron chi connectivity index (χ3n) is 4.12. The average molecular weight is 311 g/mol. The minimum Gasteiger partial charge on any atom is -0.479 e. The number of aryl methyl sites for hydroxylation is 3. The molecule has 2 aromatic carbocycles. The van der Waals surface area contributed by atoms with Gasteiger partial charge in [0.25, 0.3) is 5.91 Å². The van der Waals surface area contributed by atoms with Crippen LogP contribution in [0.15, 0.2) is 36.4 Å². The minimum absolute atomic E-state index is 0.375. The van der Waals surface area contributed by atoms with Crippen LogP contribution < -0.4 is 5.32 Å². The molecule has 120 valence electrons. The molecule has 0 aliphatic carbocycles. The van der Waals surface area contributed by atoms with E-state index in [1.165, 1.54) is 0 Å².